The average molecular weight is 1390 g/mol. The smallest absolute Gasteiger partial charge is 0.872 e. The van der Waals surface area contributed by atoms with Gasteiger partial charge in [0.2, 0.25) is 0 Å². The minimum atomic E-state index is -1.11. The molecule has 0 bridgehead atoms. The van der Waals surface area contributed by atoms with E-state index in [1.807, 2.05) is 109 Å². The van der Waals surface area contributed by atoms with Crippen molar-refractivity contribution in [3.05, 3.63) is 199 Å². The second-order valence-electron chi connectivity index (χ2n) is 31.3. The molecule has 0 aromatic heterocycles. The third-order valence-corrected chi connectivity index (χ3v) is 26.4. The molecule has 0 saturated carbocycles. The zero-order valence-corrected chi connectivity index (χ0v) is 70.1. The Morgan fingerprint density at radius 1 is 0.417 bits per heavy atom. The molecule has 0 atom stereocenters. The van der Waals surface area contributed by atoms with Crippen molar-refractivity contribution < 1.29 is 19.7 Å². The fourth-order valence-electron chi connectivity index (χ4n) is 11.7. The van der Waals surface area contributed by atoms with E-state index in [1.54, 1.807) is 26.6 Å². The van der Waals surface area contributed by atoms with Gasteiger partial charge in [-0.05, 0) is 134 Å². The van der Waals surface area contributed by atoms with E-state index in [4.69, 9.17) is 28.8 Å². The van der Waals surface area contributed by atoms with Crippen LogP contribution in [0.1, 0.15) is 125 Å². The third kappa shape index (κ3) is 30.4. The van der Waals surface area contributed by atoms with Crippen LogP contribution in [0.2, 0.25) is 78.6 Å². The maximum Gasteiger partial charge on any atom is 2.00 e. The SMILES string of the molecule is COc1ccccc1-c1ccccc1N=Cc1cc(C(C)(C)C)cc(CN2CCCCC2)c1[O-].COc1ccccc1-c1ccccc1N=Cc1cc(C(C)(C)C)cc(CN2CCCCC2)c1[O-].C[Si](C)(C)[N-][Si](C)(C)C.C[Si](C)(C)[N-][Si](C)(C)C.Cc1ccc(C)cc1.[Mg+2].[Mg+2]. The Bertz CT molecular complexity index is 3270. The van der Waals surface area contributed by atoms with E-state index in [2.05, 4.69) is 180 Å². The molecule has 2 heterocycles. The number of aryl methyl sites for hydroxylation is 2. The Labute approximate surface area is 618 Å². The summed E-state index contributed by atoms with van der Waals surface area (Å²) in [6.45, 7) is 50.6. The first-order valence-corrected chi connectivity index (χ1v) is 47.9. The van der Waals surface area contributed by atoms with Crippen LogP contribution >= 0.6 is 0 Å². The number of hydrogen-bond acceptors (Lipinski definition) is 8. The predicted molar refractivity (Wildman–Crippen MR) is 426 cm³/mol. The molecule has 0 radical (unpaired) electrons. The summed E-state index contributed by atoms with van der Waals surface area (Å²) in [6, 6.07) is 48.5. The van der Waals surface area contributed by atoms with E-state index in [1.165, 1.54) is 60.8 Å². The Morgan fingerprint density at radius 3 is 0.969 bits per heavy atom. The van der Waals surface area contributed by atoms with Crippen molar-refractivity contribution in [1.82, 2.24) is 9.80 Å². The Balaban J connectivity index is 0.000000360. The zero-order valence-electron chi connectivity index (χ0n) is 63.2. The molecule has 16 heteroatoms. The summed E-state index contributed by atoms with van der Waals surface area (Å²) in [7, 11) is -1.07. The molecule has 10 nitrogen and oxygen atoms in total. The van der Waals surface area contributed by atoms with Crippen LogP contribution in [0.15, 0.2) is 156 Å². The Kier molecular flexibility index (Phi) is 35.1. The second kappa shape index (κ2) is 39.4. The maximum absolute atomic E-state index is 13.5. The van der Waals surface area contributed by atoms with E-state index in [0.717, 1.165) is 82.4 Å². The van der Waals surface area contributed by atoms with Crippen LogP contribution in [0.3, 0.4) is 0 Å². The van der Waals surface area contributed by atoms with Crippen LogP contribution in [-0.4, -0.2) is 142 Å². The molecule has 2 aliphatic rings. The monoisotopic (exact) mass is 1380 g/mol. The van der Waals surface area contributed by atoms with Crippen LogP contribution in [0.5, 0.6) is 23.0 Å². The average Bonchev–Trinajstić information content (AvgIpc) is 0.849. The van der Waals surface area contributed by atoms with Crippen LogP contribution < -0.4 is 19.7 Å². The quantitative estimate of drug-likeness (QED) is 0.0701. The fraction of sp³-hybridized carbons (Fsp3) is 0.450. The fourth-order valence-corrected chi connectivity index (χ4v) is 27.8. The topological polar surface area (TPSA) is 124 Å². The van der Waals surface area contributed by atoms with Crippen molar-refractivity contribution in [2.45, 2.75) is 196 Å². The van der Waals surface area contributed by atoms with E-state index in [-0.39, 0.29) is 68.4 Å². The first-order chi connectivity index (χ1) is 43.9. The van der Waals surface area contributed by atoms with Crippen molar-refractivity contribution >= 4 is 103 Å². The van der Waals surface area contributed by atoms with Gasteiger partial charge < -0.3 is 29.0 Å². The number of rotatable bonds is 16. The van der Waals surface area contributed by atoms with Gasteiger partial charge in [0.25, 0.3) is 0 Å². The molecule has 2 fully saturated rings. The van der Waals surface area contributed by atoms with Crippen molar-refractivity contribution in [2.24, 2.45) is 9.98 Å². The molecule has 0 amide bonds. The first-order valence-electron chi connectivity index (χ1n) is 34.1. The van der Waals surface area contributed by atoms with Gasteiger partial charge in [-0.1, -0.05) is 310 Å². The molecule has 0 spiro atoms. The van der Waals surface area contributed by atoms with E-state index in [0.29, 0.717) is 24.2 Å². The van der Waals surface area contributed by atoms with Crippen molar-refractivity contribution in [2.75, 3.05) is 40.4 Å². The molecule has 0 N–H and O–H groups in total. The van der Waals surface area contributed by atoms with Crippen LogP contribution in [-0.2, 0) is 23.9 Å². The number of para-hydroxylation sites is 4. The maximum atomic E-state index is 13.5. The van der Waals surface area contributed by atoms with Gasteiger partial charge in [0, 0.05) is 47.8 Å². The van der Waals surface area contributed by atoms with Crippen LogP contribution in [0.25, 0.3) is 31.5 Å². The minimum absolute atomic E-state index is 0. The summed E-state index contributed by atoms with van der Waals surface area (Å²) >= 11 is 0. The number of aliphatic imine (C=N–C) groups is 2. The molecule has 0 unspecified atom stereocenters. The second-order valence-corrected chi connectivity index (χ2v) is 50.4. The molecule has 510 valence electrons. The van der Waals surface area contributed by atoms with Gasteiger partial charge in [-0.15, -0.1) is 0 Å². The van der Waals surface area contributed by atoms with Gasteiger partial charge in [-0.25, -0.2) is 0 Å². The Hall–Kier alpha value is -4.68. The number of likely N-dealkylation sites (tertiary alicyclic amines) is 2. The molecule has 2 aliphatic heterocycles. The minimum Gasteiger partial charge on any atom is -0.872 e. The molecule has 7 aromatic carbocycles. The molecular formula is C80H116Mg2N6O4Si4. The van der Waals surface area contributed by atoms with Crippen LogP contribution in [0, 0.1) is 13.8 Å². The number of hydrogen-bond donors (Lipinski definition) is 0. The van der Waals surface area contributed by atoms with Crippen LogP contribution in [0.4, 0.5) is 11.4 Å². The summed E-state index contributed by atoms with van der Waals surface area (Å²) in [4.78, 5) is 14.4. The molecule has 7 aromatic rings. The van der Waals surface area contributed by atoms with Crippen molar-refractivity contribution in [3.63, 3.8) is 0 Å². The summed E-state index contributed by atoms with van der Waals surface area (Å²) < 4.78 is 20.8. The summed E-state index contributed by atoms with van der Waals surface area (Å²) in [5, 5.41) is 26.9. The number of methoxy groups -OCH3 is 2. The molecule has 9 rings (SSSR count). The number of benzene rings is 7. The van der Waals surface area contributed by atoms with Gasteiger partial charge in [-0.2, -0.15) is 0 Å². The summed E-state index contributed by atoms with van der Waals surface area (Å²) in [5.74, 6) is 1.76. The number of nitrogens with zero attached hydrogens (tertiary/aromatic N) is 6. The van der Waals surface area contributed by atoms with Gasteiger partial charge in [0.1, 0.15) is 11.5 Å². The van der Waals surface area contributed by atoms with Gasteiger partial charge in [0.05, 0.1) is 25.6 Å². The molecule has 0 aliphatic carbocycles. The third-order valence-electron chi connectivity index (χ3n) is 15.7. The van der Waals surface area contributed by atoms with Crippen molar-refractivity contribution in [3.8, 4) is 45.3 Å². The molecule has 96 heavy (non-hydrogen) atoms. The summed E-state index contributed by atoms with van der Waals surface area (Å²) in [6.07, 6.45) is 10.9. The predicted octanol–water partition coefficient (Wildman–Crippen LogP) is 20.5. The zero-order chi connectivity index (χ0) is 69.7. The van der Waals surface area contributed by atoms with E-state index < -0.39 is 32.9 Å². The van der Waals surface area contributed by atoms with Crippen molar-refractivity contribution in [1.29, 1.82) is 0 Å². The van der Waals surface area contributed by atoms with E-state index in [9.17, 15) is 10.2 Å². The normalized spacial score (nSPS) is 14.1. The molecular weight excluding hydrogens is 1270 g/mol. The number of ether oxygens (including phenoxy) is 2. The van der Waals surface area contributed by atoms with Gasteiger partial charge >= 0.3 is 46.1 Å². The number of piperidine rings is 2. The van der Waals surface area contributed by atoms with Gasteiger partial charge in [-0.3, -0.25) is 19.8 Å². The summed E-state index contributed by atoms with van der Waals surface area (Å²) in [5.41, 5.74) is 13.5. The standard InChI is InChI=1S/2C30H36N2O2.C8H10.2C6H18NSi2.2Mg/c2*1-30(2,3)24-18-22(29(33)23(19-24)21-32-16-10-5-11-17-32)20-31-27-14-8-6-12-25(27)26-13-7-9-15-28(26)34-4;1-7-3-5-8(2)6-4-7;2*1-8(2,3)7-9(4,5)6;;/h2*6-9,12-15,18-20,33H,5,10-11,16-17,21H2,1-4H3;3-6H,1-2H3;2*1-6H3;;/q;;;2*-1;2*+2/p-2. The first kappa shape index (κ1) is 85.5. The largest absolute Gasteiger partial charge is 2.00 e. The Morgan fingerprint density at radius 2 is 0.698 bits per heavy atom. The molecule has 2 saturated heterocycles. The van der Waals surface area contributed by atoms with E-state index >= 15 is 0 Å². The van der Waals surface area contributed by atoms with Gasteiger partial charge in [0.15, 0.2) is 0 Å².